The molecule has 0 aliphatic rings. The minimum Gasteiger partial charge on any atom is -0.508 e. The summed E-state index contributed by atoms with van der Waals surface area (Å²) in [7, 11) is 0. The number of phenolic OH excluding ortho intramolecular Hbond substituents is 2. The summed E-state index contributed by atoms with van der Waals surface area (Å²) < 4.78 is 0. The molecule has 4 rings (SSSR count). The van der Waals surface area contributed by atoms with Gasteiger partial charge in [-0.15, -0.1) is 0 Å². The van der Waals surface area contributed by atoms with Crippen LogP contribution in [0.15, 0.2) is 109 Å². The quantitative estimate of drug-likeness (QED) is 0.365. The average molecular weight is 423 g/mol. The molecule has 3 nitrogen and oxygen atoms in total. The smallest absolute Gasteiger partial charge is 0.148 e. The van der Waals surface area contributed by atoms with Crippen molar-refractivity contribution in [1.82, 2.24) is 0 Å². The van der Waals surface area contributed by atoms with E-state index in [1.54, 1.807) is 24.3 Å². The second-order valence-electron chi connectivity index (χ2n) is 8.07. The van der Waals surface area contributed by atoms with Crippen LogP contribution in [0.5, 0.6) is 11.5 Å². The van der Waals surface area contributed by atoms with Crippen molar-refractivity contribution in [3.63, 3.8) is 0 Å². The van der Waals surface area contributed by atoms with Gasteiger partial charge >= 0.3 is 0 Å². The van der Waals surface area contributed by atoms with E-state index in [0.717, 1.165) is 22.3 Å². The highest BCUT2D eigenvalue weighted by Gasteiger charge is 2.30. The molecule has 2 N–H and O–H groups in total. The lowest BCUT2D eigenvalue weighted by atomic mass is 9.78. The number of benzene rings is 4. The van der Waals surface area contributed by atoms with Gasteiger partial charge in [-0.1, -0.05) is 84.9 Å². The molecule has 0 radical (unpaired) electrons. The SMILES string of the molecule is O=C(C(Cc1ccc(O)cc1)c1ccccc1)C(Cc1ccc(O)cc1)c1ccccc1. The third kappa shape index (κ3) is 5.25. The average Bonchev–Trinajstić information content (AvgIpc) is 2.84. The Labute approximate surface area is 188 Å². The van der Waals surface area contributed by atoms with Crippen molar-refractivity contribution in [3.05, 3.63) is 131 Å². The number of aromatic hydroxyl groups is 2. The van der Waals surface area contributed by atoms with E-state index >= 15 is 0 Å². The topological polar surface area (TPSA) is 57.5 Å². The van der Waals surface area contributed by atoms with Gasteiger partial charge in [0.25, 0.3) is 0 Å². The Balaban J connectivity index is 1.71. The zero-order valence-corrected chi connectivity index (χ0v) is 17.8. The zero-order valence-electron chi connectivity index (χ0n) is 17.8. The first-order valence-corrected chi connectivity index (χ1v) is 10.8. The molecule has 3 heteroatoms. The molecule has 0 saturated carbocycles. The first kappa shape index (κ1) is 21.4. The van der Waals surface area contributed by atoms with Crippen LogP contribution in [-0.4, -0.2) is 16.0 Å². The van der Waals surface area contributed by atoms with E-state index in [-0.39, 0.29) is 29.1 Å². The number of rotatable bonds is 8. The minimum absolute atomic E-state index is 0.156. The summed E-state index contributed by atoms with van der Waals surface area (Å²) >= 11 is 0. The van der Waals surface area contributed by atoms with Crippen molar-refractivity contribution in [2.45, 2.75) is 24.7 Å². The molecule has 2 atom stereocenters. The Kier molecular flexibility index (Phi) is 6.66. The van der Waals surface area contributed by atoms with Crippen LogP contribution >= 0.6 is 0 Å². The Morgan fingerprint density at radius 1 is 0.531 bits per heavy atom. The fourth-order valence-electron chi connectivity index (χ4n) is 4.11. The van der Waals surface area contributed by atoms with Crippen LogP contribution in [-0.2, 0) is 17.6 Å². The maximum Gasteiger partial charge on any atom is 0.148 e. The Bertz CT molecular complexity index is 1040. The molecule has 160 valence electrons. The first-order chi connectivity index (χ1) is 15.6. The molecule has 0 bridgehead atoms. The number of phenols is 2. The number of Topliss-reactive ketones (excluding diaryl/α,β-unsaturated/α-hetero) is 1. The van der Waals surface area contributed by atoms with Crippen molar-refractivity contribution in [2.75, 3.05) is 0 Å². The maximum atomic E-state index is 14.1. The van der Waals surface area contributed by atoms with Gasteiger partial charge in [0, 0.05) is 11.8 Å². The lowest BCUT2D eigenvalue weighted by molar-refractivity contribution is -0.122. The van der Waals surface area contributed by atoms with Gasteiger partial charge in [0.05, 0.1) is 0 Å². The monoisotopic (exact) mass is 422 g/mol. The third-order valence-electron chi connectivity index (χ3n) is 5.84. The highest BCUT2D eigenvalue weighted by atomic mass is 16.3. The van der Waals surface area contributed by atoms with Crippen LogP contribution in [0.3, 0.4) is 0 Å². The lowest BCUT2D eigenvalue weighted by Gasteiger charge is -2.24. The number of hydrogen-bond acceptors (Lipinski definition) is 3. The predicted molar refractivity (Wildman–Crippen MR) is 127 cm³/mol. The van der Waals surface area contributed by atoms with Gasteiger partial charge in [-0.2, -0.15) is 0 Å². The fraction of sp³-hybridized carbons (Fsp3) is 0.138. The van der Waals surface area contributed by atoms with Gasteiger partial charge in [-0.3, -0.25) is 4.79 Å². The van der Waals surface area contributed by atoms with E-state index in [1.807, 2.05) is 84.9 Å². The molecule has 0 amide bonds. The van der Waals surface area contributed by atoms with Crippen LogP contribution in [0.4, 0.5) is 0 Å². The lowest BCUT2D eigenvalue weighted by Crippen LogP contribution is -2.24. The Morgan fingerprint density at radius 2 is 0.875 bits per heavy atom. The molecule has 0 fully saturated rings. The van der Waals surface area contributed by atoms with Crippen molar-refractivity contribution in [2.24, 2.45) is 0 Å². The maximum absolute atomic E-state index is 14.1. The highest BCUT2D eigenvalue weighted by molar-refractivity contribution is 5.92. The molecule has 0 aromatic heterocycles. The van der Waals surface area contributed by atoms with Crippen LogP contribution < -0.4 is 0 Å². The fourth-order valence-corrected chi connectivity index (χ4v) is 4.11. The van der Waals surface area contributed by atoms with Gasteiger partial charge in [-0.05, 0) is 59.4 Å². The first-order valence-electron chi connectivity index (χ1n) is 10.8. The Morgan fingerprint density at radius 3 is 1.22 bits per heavy atom. The van der Waals surface area contributed by atoms with Crippen LogP contribution in [0.2, 0.25) is 0 Å². The molecule has 2 unspecified atom stereocenters. The summed E-state index contributed by atoms with van der Waals surface area (Å²) in [5.41, 5.74) is 3.97. The summed E-state index contributed by atoms with van der Waals surface area (Å²) in [6.07, 6.45) is 1.12. The molecule has 0 saturated heterocycles. The summed E-state index contributed by atoms with van der Waals surface area (Å²) in [6, 6.07) is 33.9. The number of carbonyl (C=O) groups excluding carboxylic acids is 1. The van der Waals surface area contributed by atoms with Crippen molar-refractivity contribution >= 4 is 5.78 Å². The van der Waals surface area contributed by atoms with E-state index in [9.17, 15) is 15.0 Å². The normalized spacial score (nSPS) is 12.8. The van der Waals surface area contributed by atoms with Crippen LogP contribution in [0.1, 0.15) is 34.1 Å². The molecule has 32 heavy (non-hydrogen) atoms. The molecule has 0 heterocycles. The summed E-state index contributed by atoms with van der Waals surface area (Å²) in [5, 5.41) is 19.3. The number of hydrogen-bond donors (Lipinski definition) is 2. The second-order valence-corrected chi connectivity index (χ2v) is 8.07. The van der Waals surface area contributed by atoms with Gasteiger partial charge in [0.15, 0.2) is 0 Å². The molecule has 4 aromatic rings. The van der Waals surface area contributed by atoms with Crippen molar-refractivity contribution < 1.29 is 15.0 Å². The van der Waals surface area contributed by atoms with Gasteiger partial charge in [0.1, 0.15) is 17.3 Å². The number of carbonyl (C=O) groups is 1. The molecule has 4 aromatic carbocycles. The molecule has 0 spiro atoms. The summed E-state index contributed by atoms with van der Waals surface area (Å²) in [4.78, 5) is 14.1. The third-order valence-corrected chi connectivity index (χ3v) is 5.84. The largest absolute Gasteiger partial charge is 0.508 e. The standard InChI is InChI=1S/C29H26O3/c30-25-15-11-21(12-16-25)19-27(23-7-3-1-4-8-23)29(32)28(24-9-5-2-6-10-24)20-22-13-17-26(31)18-14-22/h1-18,27-28,30-31H,19-20H2. The molecular formula is C29H26O3. The second kappa shape index (κ2) is 9.97. The number of ketones is 1. The van der Waals surface area contributed by atoms with Crippen LogP contribution in [0, 0.1) is 0 Å². The highest BCUT2D eigenvalue weighted by Crippen LogP contribution is 2.32. The predicted octanol–water partition coefficient (Wildman–Crippen LogP) is 6.02. The van der Waals surface area contributed by atoms with E-state index in [1.165, 1.54) is 0 Å². The van der Waals surface area contributed by atoms with E-state index in [2.05, 4.69) is 0 Å². The summed E-state index contributed by atoms with van der Waals surface area (Å²) in [6.45, 7) is 0. The zero-order chi connectivity index (χ0) is 22.3. The molecule has 0 aliphatic heterocycles. The van der Waals surface area contributed by atoms with E-state index in [4.69, 9.17) is 0 Å². The Hall–Kier alpha value is -3.85. The van der Waals surface area contributed by atoms with E-state index < -0.39 is 0 Å². The van der Waals surface area contributed by atoms with Crippen molar-refractivity contribution in [1.29, 1.82) is 0 Å². The minimum atomic E-state index is -0.317. The summed E-state index contributed by atoms with van der Waals surface area (Å²) in [5.74, 6) is -0.0497. The molecular weight excluding hydrogens is 396 g/mol. The van der Waals surface area contributed by atoms with Gasteiger partial charge < -0.3 is 10.2 Å². The van der Waals surface area contributed by atoms with Gasteiger partial charge in [-0.25, -0.2) is 0 Å². The van der Waals surface area contributed by atoms with Crippen LogP contribution in [0.25, 0.3) is 0 Å². The van der Waals surface area contributed by atoms with Gasteiger partial charge in [0.2, 0.25) is 0 Å². The molecule has 0 aliphatic carbocycles. The van der Waals surface area contributed by atoms with E-state index in [0.29, 0.717) is 12.8 Å². The van der Waals surface area contributed by atoms with Crippen molar-refractivity contribution in [3.8, 4) is 11.5 Å².